The molecule has 2 rings (SSSR count). The van der Waals surface area contributed by atoms with Crippen molar-refractivity contribution in [3.63, 3.8) is 0 Å². The summed E-state index contributed by atoms with van der Waals surface area (Å²) in [4.78, 5) is 0. The van der Waals surface area contributed by atoms with Crippen LogP contribution in [0.15, 0.2) is 10.5 Å². The summed E-state index contributed by atoms with van der Waals surface area (Å²) in [5, 5.41) is 0. The van der Waals surface area contributed by atoms with Crippen molar-refractivity contribution < 1.29 is 12.8 Å². The van der Waals surface area contributed by atoms with Crippen LogP contribution in [0.25, 0.3) is 0 Å². The predicted molar refractivity (Wildman–Crippen MR) is 42.9 cm³/mol. The number of sulfone groups is 1. The minimum Gasteiger partial charge on any atom is -0.463 e. The highest BCUT2D eigenvalue weighted by molar-refractivity contribution is 7.90. The molecule has 5 heteroatoms. The fourth-order valence-electron chi connectivity index (χ4n) is 1.36. The molecule has 0 atom stereocenters. The zero-order valence-electron chi connectivity index (χ0n) is 6.41. The summed E-state index contributed by atoms with van der Waals surface area (Å²) in [7, 11) is -2.92. The largest absolute Gasteiger partial charge is 0.463 e. The lowest BCUT2D eigenvalue weighted by Gasteiger charge is -1.90. The predicted octanol–water partition coefficient (Wildman–Crippen LogP) is 0.167. The maximum Gasteiger partial charge on any atom is 0.161 e. The summed E-state index contributed by atoms with van der Waals surface area (Å²) in [6, 6.07) is 1.72. The van der Waals surface area contributed by atoms with Crippen LogP contribution in [0, 0.1) is 0 Å². The van der Waals surface area contributed by atoms with Crippen LogP contribution in [0.1, 0.15) is 17.1 Å². The molecule has 2 heterocycles. The Labute approximate surface area is 70.3 Å². The van der Waals surface area contributed by atoms with Gasteiger partial charge >= 0.3 is 0 Å². The van der Waals surface area contributed by atoms with Gasteiger partial charge in [-0.15, -0.1) is 0 Å². The van der Waals surface area contributed by atoms with Gasteiger partial charge in [0.2, 0.25) is 0 Å². The molecular formula is C7H9NO3S. The first kappa shape index (κ1) is 7.82. The van der Waals surface area contributed by atoms with Gasteiger partial charge in [0, 0.05) is 5.56 Å². The average molecular weight is 187 g/mol. The van der Waals surface area contributed by atoms with Gasteiger partial charge in [-0.25, -0.2) is 8.42 Å². The molecule has 4 nitrogen and oxygen atoms in total. The van der Waals surface area contributed by atoms with Crippen molar-refractivity contribution >= 4 is 9.84 Å². The second-order valence-electron chi connectivity index (χ2n) is 2.90. The van der Waals surface area contributed by atoms with E-state index in [9.17, 15) is 8.42 Å². The van der Waals surface area contributed by atoms with Gasteiger partial charge in [-0.1, -0.05) is 0 Å². The van der Waals surface area contributed by atoms with E-state index in [2.05, 4.69) is 0 Å². The minimum atomic E-state index is -2.92. The number of fused-ring (bicyclic) bond motifs is 1. The molecule has 0 fully saturated rings. The van der Waals surface area contributed by atoms with E-state index in [-0.39, 0.29) is 11.5 Å². The van der Waals surface area contributed by atoms with Crippen molar-refractivity contribution in [2.75, 3.05) is 0 Å². The molecule has 1 aromatic rings. The van der Waals surface area contributed by atoms with E-state index in [1.54, 1.807) is 6.07 Å². The van der Waals surface area contributed by atoms with Gasteiger partial charge in [0.15, 0.2) is 9.84 Å². The van der Waals surface area contributed by atoms with Crippen molar-refractivity contribution in [3.8, 4) is 0 Å². The molecule has 1 aliphatic rings. The van der Waals surface area contributed by atoms with Crippen LogP contribution in [0.5, 0.6) is 0 Å². The number of rotatable bonds is 1. The lowest BCUT2D eigenvalue weighted by molar-refractivity contribution is 0.479. The second kappa shape index (κ2) is 2.34. The van der Waals surface area contributed by atoms with E-state index in [0.29, 0.717) is 18.1 Å². The van der Waals surface area contributed by atoms with Gasteiger partial charge < -0.3 is 10.2 Å². The first-order valence-corrected chi connectivity index (χ1v) is 5.44. The van der Waals surface area contributed by atoms with Gasteiger partial charge in [-0.2, -0.15) is 0 Å². The Morgan fingerprint density at radius 2 is 2.25 bits per heavy atom. The standard InChI is InChI=1S/C7H9NO3S/c8-2-6-1-5-3-12(9,10)4-7(5)11-6/h1H,2-4,8H2. The molecule has 0 bridgehead atoms. The van der Waals surface area contributed by atoms with Crippen molar-refractivity contribution in [2.24, 2.45) is 5.73 Å². The molecule has 0 unspecified atom stereocenters. The highest BCUT2D eigenvalue weighted by Gasteiger charge is 2.28. The molecule has 1 aliphatic heterocycles. The number of hydrogen-bond donors (Lipinski definition) is 1. The van der Waals surface area contributed by atoms with Crippen molar-refractivity contribution in [1.82, 2.24) is 0 Å². The molecule has 0 spiro atoms. The fourth-order valence-corrected chi connectivity index (χ4v) is 2.82. The van der Waals surface area contributed by atoms with Crippen molar-refractivity contribution in [3.05, 3.63) is 23.2 Å². The topological polar surface area (TPSA) is 73.3 Å². The van der Waals surface area contributed by atoms with E-state index < -0.39 is 9.84 Å². The summed E-state index contributed by atoms with van der Waals surface area (Å²) in [5.41, 5.74) is 6.11. The van der Waals surface area contributed by atoms with Crippen LogP contribution in [0.2, 0.25) is 0 Å². The number of hydrogen-bond acceptors (Lipinski definition) is 4. The summed E-state index contributed by atoms with van der Waals surface area (Å²) in [5.74, 6) is 1.36. The van der Waals surface area contributed by atoms with Crippen LogP contribution in [0.3, 0.4) is 0 Å². The zero-order valence-corrected chi connectivity index (χ0v) is 7.23. The van der Waals surface area contributed by atoms with Gasteiger partial charge in [-0.05, 0) is 6.07 Å². The summed E-state index contributed by atoms with van der Waals surface area (Å²) in [6.07, 6.45) is 0. The first-order chi connectivity index (χ1) is 5.61. The zero-order chi connectivity index (χ0) is 8.77. The van der Waals surface area contributed by atoms with E-state index in [1.807, 2.05) is 0 Å². The van der Waals surface area contributed by atoms with Crippen LogP contribution in [0.4, 0.5) is 0 Å². The van der Waals surface area contributed by atoms with Gasteiger partial charge in [-0.3, -0.25) is 0 Å². The molecule has 66 valence electrons. The molecule has 12 heavy (non-hydrogen) atoms. The van der Waals surface area contributed by atoms with Crippen molar-refractivity contribution in [2.45, 2.75) is 18.1 Å². The lowest BCUT2D eigenvalue weighted by atomic mass is 10.3. The van der Waals surface area contributed by atoms with Crippen LogP contribution in [-0.2, 0) is 27.9 Å². The Morgan fingerprint density at radius 3 is 2.83 bits per heavy atom. The third kappa shape index (κ3) is 1.15. The first-order valence-electron chi connectivity index (χ1n) is 3.62. The Bertz CT molecular complexity index is 375. The molecule has 0 aliphatic carbocycles. The highest BCUT2D eigenvalue weighted by Crippen LogP contribution is 2.27. The molecule has 0 saturated heterocycles. The van der Waals surface area contributed by atoms with Crippen LogP contribution >= 0.6 is 0 Å². The van der Waals surface area contributed by atoms with Gasteiger partial charge in [0.05, 0.1) is 12.3 Å². The average Bonchev–Trinajstić information content (AvgIpc) is 2.40. The van der Waals surface area contributed by atoms with E-state index in [1.165, 1.54) is 0 Å². The summed E-state index contributed by atoms with van der Waals surface area (Å²) < 4.78 is 27.3. The quantitative estimate of drug-likeness (QED) is 0.680. The third-order valence-electron chi connectivity index (χ3n) is 1.88. The third-order valence-corrected chi connectivity index (χ3v) is 3.33. The minimum absolute atomic E-state index is 0.0301. The molecule has 0 amide bonds. The number of nitrogens with two attached hydrogens (primary N) is 1. The lowest BCUT2D eigenvalue weighted by Crippen LogP contribution is -1.98. The van der Waals surface area contributed by atoms with Gasteiger partial charge in [0.1, 0.15) is 17.3 Å². The second-order valence-corrected chi connectivity index (χ2v) is 4.96. The van der Waals surface area contributed by atoms with E-state index >= 15 is 0 Å². The smallest absolute Gasteiger partial charge is 0.161 e. The highest BCUT2D eigenvalue weighted by atomic mass is 32.2. The Balaban J connectivity index is 2.42. The SMILES string of the molecule is NCc1cc2c(o1)CS(=O)(=O)C2. The molecule has 2 N–H and O–H groups in total. The fraction of sp³-hybridized carbons (Fsp3) is 0.429. The summed E-state index contributed by atoms with van der Waals surface area (Å²) >= 11 is 0. The Morgan fingerprint density at radius 1 is 1.50 bits per heavy atom. The van der Waals surface area contributed by atoms with Crippen molar-refractivity contribution in [1.29, 1.82) is 0 Å². The normalized spacial score (nSPS) is 19.4. The van der Waals surface area contributed by atoms with E-state index in [0.717, 1.165) is 5.56 Å². The molecule has 0 aromatic carbocycles. The number of furan rings is 1. The molecule has 0 radical (unpaired) electrons. The van der Waals surface area contributed by atoms with Gasteiger partial charge in [0.25, 0.3) is 0 Å². The summed E-state index contributed by atoms with van der Waals surface area (Å²) in [6.45, 7) is 0.326. The van der Waals surface area contributed by atoms with E-state index in [4.69, 9.17) is 10.2 Å². The molecule has 1 aromatic heterocycles. The Kier molecular flexibility index (Phi) is 1.52. The monoisotopic (exact) mass is 187 g/mol. The van der Waals surface area contributed by atoms with Crippen LogP contribution in [-0.4, -0.2) is 8.42 Å². The van der Waals surface area contributed by atoms with Crippen LogP contribution < -0.4 is 5.73 Å². The molecular weight excluding hydrogens is 178 g/mol. The maximum absolute atomic E-state index is 11.1. The maximum atomic E-state index is 11.1. The molecule has 0 saturated carbocycles. The Hall–Kier alpha value is -0.810.